The molecule has 0 bridgehead atoms. The van der Waals surface area contributed by atoms with E-state index in [1.54, 1.807) is 24.3 Å². The van der Waals surface area contributed by atoms with Gasteiger partial charge in [0.25, 0.3) is 5.69 Å². The van der Waals surface area contributed by atoms with Crippen molar-refractivity contribution in [3.63, 3.8) is 0 Å². The molecule has 0 radical (unpaired) electrons. The summed E-state index contributed by atoms with van der Waals surface area (Å²) in [5.41, 5.74) is 0.561. The molecule has 3 aromatic rings. The third-order valence-electron chi connectivity index (χ3n) is 2.83. The Balaban J connectivity index is 2.23. The van der Waals surface area contributed by atoms with E-state index >= 15 is 0 Å². The summed E-state index contributed by atoms with van der Waals surface area (Å²) in [5.74, 6) is 0. The van der Waals surface area contributed by atoms with Crippen LogP contribution < -0.4 is 5.63 Å². The van der Waals surface area contributed by atoms with Gasteiger partial charge in [-0.1, -0.05) is 30.3 Å². The molecule has 0 unspecified atom stereocenters. The highest BCUT2D eigenvalue weighted by Gasteiger charge is 2.12. The average Bonchev–Trinajstić information content (AvgIpc) is 2.46. The Morgan fingerprint density at radius 2 is 1.85 bits per heavy atom. The number of fused-ring (bicyclic) bond motifs is 1. The Morgan fingerprint density at radius 1 is 1.10 bits per heavy atom. The first kappa shape index (κ1) is 12.0. The molecule has 20 heavy (non-hydrogen) atoms. The van der Waals surface area contributed by atoms with Crippen LogP contribution in [-0.2, 0) is 0 Å². The maximum Gasteiger partial charge on any atom is 0.363 e. The molecule has 0 spiro atoms. The Kier molecular flexibility index (Phi) is 2.76. The van der Waals surface area contributed by atoms with E-state index in [1.807, 2.05) is 6.07 Å². The maximum absolute atomic E-state index is 11.9. The summed E-state index contributed by atoms with van der Waals surface area (Å²) in [5, 5.41) is 10.7. The Bertz CT molecular complexity index is 856. The van der Waals surface area contributed by atoms with Crippen LogP contribution in [0.25, 0.3) is 22.4 Å². The average molecular weight is 268 g/mol. The van der Waals surface area contributed by atoms with E-state index in [0.717, 1.165) is 0 Å². The third kappa shape index (κ3) is 2.03. The van der Waals surface area contributed by atoms with Gasteiger partial charge in [0.1, 0.15) is 5.52 Å². The smallest absolute Gasteiger partial charge is 0.363 e. The summed E-state index contributed by atoms with van der Waals surface area (Å²) < 4.78 is 5.12. The quantitative estimate of drug-likeness (QED) is 0.527. The summed E-state index contributed by atoms with van der Waals surface area (Å²) in [6.07, 6.45) is 0. The molecule has 1 heterocycles. The minimum Gasteiger partial charge on any atom is -0.419 e. The van der Waals surface area contributed by atoms with Crippen LogP contribution in [0.15, 0.2) is 57.7 Å². The SMILES string of the molecule is O=c1oc2cc([N+](=O)[O-])ccc2nc1-c1ccccc1. The molecule has 6 nitrogen and oxygen atoms in total. The van der Waals surface area contributed by atoms with Crippen molar-refractivity contribution in [1.29, 1.82) is 0 Å². The highest BCUT2D eigenvalue weighted by atomic mass is 16.6. The summed E-state index contributed by atoms with van der Waals surface area (Å²) in [7, 11) is 0. The second-order valence-electron chi connectivity index (χ2n) is 4.13. The molecule has 98 valence electrons. The van der Waals surface area contributed by atoms with Crippen LogP contribution in [0.2, 0.25) is 0 Å². The number of nitro groups is 1. The van der Waals surface area contributed by atoms with Gasteiger partial charge in [-0.2, -0.15) is 0 Å². The minimum absolute atomic E-state index is 0.101. The normalized spacial score (nSPS) is 10.6. The Hall–Kier alpha value is -3.02. The first-order chi connectivity index (χ1) is 9.65. The van der Waals surface area contributed by atoms with E-state index < -0.39 is 10.5 Å². The van der Waals surface area contributed by atoms with Crippen LogP contribution in [0, 0.1) is 10.1 Å². The lowest BCUT2D eigenvalue weighted by molar-refractivity contribution is -0.384. The fraction of sp³-hybridized carbons (Fsp3) is 0. The van der Waals surface area contributed by atoms with Crippen molar-refractivity contribution >= 4 is 16.8 Å². The predicted molar refractivity (Wildman–Crippen MR) is 72.4 cm³/mol. The number of hydrogen-bond acceptors (Lipinski definition) is 5. The predicted octanol–water partition coefficient (Wildman–Crippen LogP) is 2.76. The van der Waals surface area contributed by atoms with E-state index in [2.05, 4.69) is 4.98 Å². The minimum atomic E-state index is -0.621. The zero-order valence-corrected chi connectivity index (χ0v) is 10.1. The standard InChI is InChI=1S/C14H8N2O4/c17-14-13(9-4-2-1-3-5-9)15-11-7-6-10(16(18)19)8-12(11)20-14/h1-8H. The van der Waals surface area contributed by atoms with Crippen molar-refractivity contribution in [2.75, 3.05) is 0 Å². The van der Waals surface area contributed by atoms with Gasteiger partial charge in [-0.05, 0) is 6.07 Å². The van der Waals surface area contributed by atoms with Crippen molar-refractivity contribution < 1.29 is 9.34 Å². The summed E-state index contributed by atoms with van der Waals surface area (Å²) in [6.45, 7) is 0. The molecule has 1 aromatic heterocycles. The second kappa shape index (κ2) is 4.58. The number of nitro benzene ring substituents is 1. The van der Waals surface area contributed by atoms with Crippen LogP contribution in [0.1, 0.15) is 0 Å². The molecule has 2 aromatic carbocycles. The first-order valence-corrected chi connectivity index (χ1v) is 5.80. The summed E-state index contributed by atoms with van der Waals surface area (Å²) >= 11 is 0. The van der Waals surface area contributed by atoms with Gasteiger partial charge < -0.3 is 4.42 Å². The topological polar surface area (TPSA) is 86.2 Å². The van der Waals surface area contributed by atoms with Gasteiger partial charge in [0, 0.05) is 11.6 Å². The zero-order valence-electron chi connectivity index (χ0n) is 10.1. The fourth-order valence-corrected chi connectivity index (χ4v) is 1.88. The van der Waals surface area contributed by atoms with Crippen molar-refractivity contribution in [2.45, 2.75) is 0 Å². The van der Waals surface area contributed by atoms with Gasteiger partial charge in [-0.3, -0.25) is 10.1 Å². The first-order valence-electron chi connectivity index (χ1n) is 5.80. The highest BCUT2D eigenvalue weighted by Crippen LogP contribution is 2.21. The fourth-order valence-electron chi connectivity index (χ4n) is 1.88. The molecule has 0 aliphatic carbocycles. The van der Waals surface area contributed by atoms with E-state index in [4.69, 9.17) is 4.42 Å². The van der Waals surface area contributed by atoms with Crippen LogP contribution >= 0.6 is 0 Å². The summed E-state index contributed by atoms with van der Waals surface area (Å²) in [4.78, 5) is 26.3. The molecule has 0 aliphatic rings. The number of hydrogen-bond donors (Lipinski definition) is 0. The molecule has 0 fully saturated rings. The molecule has 0 saturated carbocycles. The van der Waals surface area contributed by atoms with Crippen LogP contribution in [0.4, 0.5) is 5.69 Å². The van der Waals surface area contributed by atoms with E-state index in [9.17, 15) is 14.9 Å². The largest absolute Gasteiger partial charge is 0.419 e. The molecule has 3 rings (SSSR count). The van der Waals surface area contributed by atoms with Gasteiger partial charge >= 0.3 is 5.63 Å². The van der Waals surface area contributed by atoms with Gasteiger partial charge in [-0.25, -0.2) is 9.78 Å². The Labute approximate surface area is 112 Å². The lowest BCUT2D eigenvalue weighted by Crippen LogP contribution is -2.06. The van der Waals surface area contributed by atoms with Gasteiger partial charge in [0.15, 0.2) is 11.3 Å². The number of benzene rings is 2. The van der Waals surface area contributed by atoms with Crippen molar-refractivity contribution in [3.8, 4) is 11.3 Å². The maximum atomic E-state index is 11.9. The second-order valence-corrected chi connectivity index (χ2v) is 4.13. The van der Waals surface area contributed by atoms with Crippen LogP contribution in [0.3, 0.4) is 0 Å². The molecule has 0 aliphatic heterocycles. The Morgan fingerprint density at radius 3 is 2.55 bits per heavy atom. The van der Waals surface area contributed by atoms with Crippen LogP contribution in [0.5, 0.6) is 0 Å². The zero-order chi connectivity index (χ0) is 14.1. The van der Waals surface area contributed by atoms with Crippen molar-refractivity contribution in [2.24, 2.45) is 0 Å². The summed E-state index contributed by atoms with van der Waals surface area (Å²) in [6, 6.07) is 12.9. The molecule has 0 amide bonds. The number of aromatic nitrogens is 1. The molecular weight excluding hydrogens is 260 g/mol. The van der Waals surface area contributed by atoms with Gasteiger partial charge in [0.2, 0.25) is 0 Å². The molecular formula is C14H8N2O4. The van der Waals surface area contributed by atoms with E-state index in [1.165, 1.54) is 18.2 Å². The monoisotopic (exact) mass is 268 g/mol. The lowest BCUT2D eigenvalue weighted by atomic mass is 10.1. The molecule has 0 N–H and O–H groups in total. The van der Waals surface area contributed by atoms with E-state index in [0.29, 0.717) is 11.1 Å². The van der Waals surface area contributed by atoms with E-state index in [-0.39, 0.29) is 17.0 Å². The van der Waals surface area contributed by atoms with Crippen molar-refractivity contribution in [3.05, 3.63) is 69.1 Å². The molecule has 6 heteroatoms. The van der Waals surface area contributed by atoms with Crippen molar-refractivity contribution in [1.82, 2.24) is 4.98 Å². The third-order valence-corrected chi connectivity index (χ3v) is 2.83. The van der Waals surface area contributed by atoms with Gasteiger partial charge in [0.05, 0.1) is 11.0 Å². The highest BCUT2D eigenvalue weighted by molar-refractivity contribution is 5.77. The number of nitrogens with zero attached hydrogens (tertiary/aromatic N) is 2. The number of rotatable bonds is 2. The lowest BCUT2D eigenvalue weighted by Gasteiger charge is -2.01. The van der Waals surface area contributed by atoms with Gasteiger partial charge in [-0.15, -0.1) is 0 Å². The molecule has 0 atom stereocenters. The number of non-ortho nitro benzene ring substituents is 1. The molecule has 0 saturated heterocycles. The van der Waals surface area contributed by atoms with Crippen LogP contribution in [-0.4, -0.2) is 9.91 Å².